The first-order chi connectivity index (χ1) is 13.9. The molecule has 160 valence electrons. The topological polar surface area (TPSA) is 123 Å². The molecule has 2 amide bonds. The fraction of sp³-hybridized carbons (Fsp3) is 0.429. The normalized spacial score (nSPS) is 10.1. The summed E-state index contributed by atoms with van der Waals surface area (Å²) in [4.78, 5) is 22.9. The van der Waals surface area contributed by atoms with E-state index in [-0.39, 0.29) is 5.75 Å². The van der Waals surface area contributed by atoms with Gasteiger partial charge in [0.25, 0.3) is 0 Å². The van der Waals surface area contributed by atoms with Crippen molar-refractivity contribution in [2.75, 3.05) is 13.2 Å². The molecule has 8 nitrogen and oxygen atoms in total. The van der Waals surface area contributed by atoms with Crippen molar-refractivity contribution in [2.24, 2.45) is 11.5 Å². The summed E-state index contributed by atoms with van der Waals surface area (Å²) in [5, 5.41) is 0. The molecule has 4 N–H and O–H groups in total. The summed E-state index contributed by atoms with van der Waals surface area (Å²) in [6.07, 6.45) is 5.05. The van der Waals surface area contributed by atoms with Gasteiger partial charge >= 0.3 is 12.2 Å². The van der Waals surface area contributed by atoms with Gasteiger partial charge in [0.2, 0.25) is 0 Å². The van der Waals surface area contributed by atoms with Crippen molar-refractivity contribution in [3.63, 3.8) is 0 Å². The van der Waals surface area contributed by atoms with Crippen molar-refractivity contribution in [3.05, 3.63) is 48.4 Å². The minimum atomic E-state index is -0.941. The second kappa shape index (κ2) is 13.1. The number of carbonyl (C=O) groups excluding carboxylic acids is 2. The van der Waals surface area contributed by atoms with Gasteiger partial charge in [-0.1, -0.05) is 13.2 Å². The molecule has 0 heterocycles. The van der Waals surface area contributed by atoms with Crippen LogP contribution in [0.25, 0.3) is 0 Å². The van der Waals surface area contributed by atoms with Gasteiger partial charge in [-0.3, -0.25) is 0 Å². The highest BCUT2D eigenvalue weighted by atomic mass is 16.6. The van der Waals surface area contributed by atoms with E-state index in [4.69, 9.17) is 30.4 Å². The highest BCUT2D eigenvalue weighted by Gasteiger charge is 2.21. The Morgan fingerprint density at radius 1 is 0.897 bits per heavy atom. The van der Waals surface area contributed by atoms with E-state index in [9.17, 15) is 9.59 Å². The maximum Gasteiger partial charge on any atom is 0.409 e. The first-order valence-corrected chi connectivity index (χ1v) is 9.45. The number of nitrogens with two attached hydrogens (primary N) is 2. The lowest BCUT2D eigenvalue weighted by Crippen LogP contribution is -2.21. The van der Waals surface area contributed by atoms with Gasteiger partial charge < -0.3 is 30.4 Å². The molecule has 0 aliphatic rings. The maximum absolute atomic E-state index is 11.5. The monoisotopic (exact) mass is 406 g/mol. The summed E-state index contributed by atoms with van der Waals surface area (Å²) < 4.78 is 20.8. The highest BCUT2D eigenvalue weighted by molar-refractivity contribution is 5.73. The van der Waals surface area contributed by atoms with E-state index in [0.717, 1.165) is 30.4 Å². The van der Waals surface area contributed by atoms with E-state index in [1.165, 1.54) is 12.5 Å². The number of amides is 2. The number of unbranched alkanes of at least 4 members (excludes halogenated alkanes) is 2. The summed E-state index contributed by atoms with van der Waals surface area (Å²) in [7, 11) is 0. The zero-order valence-corrected chi connectivity index (χ0v) is 16.9. The van der Waals surface area contributed by atoms with Crippen LogP contribution in [0.2, 0.25) is 0 Å². The SMILES string of the molecule is C=COCCCCc1cc(C)c(OC(N)=O)c(CCCCOC=C)c1OC(N)=O. The van der Waals surface area contributed by atoms with Crippen molar-refractivity contribution in [2.45, 2.75) is 45.4 Å². The molecule has 1 rings (SSSR count). The summed E-state index contributed by atoms with van der Waals surface area (Å²) in [6.45, 7) is 9.87. The Morgan fingerprint density at radius 3 is 1.93 bits per heavy atom. The molecule has 0 aliphatic heterocycles. The Bertz CT molecular complexity index is 718. The first-order valence-electron chi connectivity index (χ1n) is 9.45. The molecular formula is C21H30N2O6. The van der Waals surface area contributed by atoms with Crippen molar-refractivity contribution in [1.82, 2.24) is 0 Å². The van der Waals surface area contributed by atoms with Crippen molar-refractivity contribution in [3.8, 4) is 11.5 Å². The number of benzene rings is 1. The van der Waals surface area contributed by atoms with Crippen molar-refractivity contribution in [1.29, 1.82) is 0 Å². The average molecular weight is 406 g/mol. The predicted molar refractivity (Wildman–Crippen MR) is 110 cm³/mol. The van der Waals surface area contributed by atoms with Crippen LogP contribution in [-0.2, 0) is 22.3 Å². The van der Waals surface area contributed by atoms with Crippen molar-refractivity contribution < 1.29 is 28.5 Å². The molecule has 0 aromatic heterocycles. The Labute approximate surface area is 171 Å². The molecule has 0 bridgehead atoms. The van der Waals surface area contributed by atoms with E-state index < -0.39 is 12.2 Å². The molecule has 0 saturated carbocycles. The Balaban J connectivity index is 3.18. The third-order valence-corrected chi connectivity index (χ3v) is 4.13. The largest absolute Gasteiger partial charge is 0.502 e. The van der Waals surface area contributed by atoms with Crippen LogP contribution in [0.5, 0.6) is 11.5 Å². The Morgan fingerprint density at radius 2 is 1.41 bits per heavy atom. The molecule has 0 spiro atoms. The van der Waals surface area contributed by atoms with E-state index >= 15 is 0 Å². The zero-order chi connectivity index (χ0) is 21.6. The Kier molecular flexibility index (Phi) is 10.8. The quantitative estimate of drug-likeness (QED) is 0.357. The molecule has 0 aliphatic carbocycles. The van der Waals surface area contributed by atoms with Crippen LogP contribution < -0.4 is 20.9 Å². The lowest BCUT2D eigenvalue weighted by Gasteiger charge is -2.19. The lowest BCUT2D eigenvalue weighted by molar-refractivity contribution is 0.207. The molecule has 29 heavy (non-hydrogen) atoms. The molecule has 0 fully saturated rings. The van der Waals surface area contributed by atoms with Crippen LogP contribution in [-0.4, -0.2) is 25.4 Å². The van der Waals surface area contributed by atoms with Gasteiger partial charge in [-0.2, -0.15) is 0 Å². The molecule has 8 heteroatoms. The van der Waals surface area contributed by atoms with Gasteiger partial charge in [-0.05, 0) is 62.6 Å². The van der Waals surface area contributed by atoms with Gasteiger partial charge in [0, 0.05) is 5.56 Å². The van der Waals surface area contributed by atoms with Gasteiger partial charge in [0.15, 0.2) is 0 Å². The molecule has 0 atom stereocenters. The number of rotatable bonds is 14. The predicted octanol–water partition coefficient (Wildman–Crippen LogP) is 3.88. The minimum Gasteiger partial charge on any atom is -0.502 e. The lowest BCUT2D eigenvalue weighted by atomic mass is 9.96. The fourth-order valence-corrected chi connectivity index (χ4v) is 2.97. The highest BCUT2D eigenvalue weighted by Crippen LogP contribution is 2.38. The van der Waals surface area contributed by atoms with Crippen LogP contribution in [0.3, 0.4) is 0 Å². The number of aryl methyl sites for hydroxylation is 2. The second-order valence-electron chi connectivity index (χ2n) is 6.32. The second-order valence-corrected chi connectivity index (χ2v) is 6.32. The molecule has 0 saturated heterocycles. The molecule has 0 radical (unpaired) electrons. The zero-order valence-electron chi connectivity index (χ0n) is 16.9. The number of ether oxygens (including phenoxy) is 4. The molecule has 1 aromatic rings. The van der Waals surface area contributed by atoms with Crippen LogP contribution in [0.15, 0.2) is 31.7 Å². The smallest absolute Gasteiger partial charge is 0.409 e. The van der Waals surface area contributed by atoms with Crippen molar-refractivity contribution >= 4 is 12.2 Å². The fourth-order valence-electron chi connectivity index (χ4n) is 2.97. The molecular weight excluding hydrogens is 376 g/mol. The third kappa shape index (κ3) is 8.59. The summed E-state index contributed by atoms with van der Waals surface area (Å²) >= 11 is 0. The minimum absolute atomic E-state index is 0.289. The van der Waals surface area contributed by atoms with Crippen LogP contribution in [0.4, 0.5) is 9.59 Å². The Hall–Kier alpha value is -3.16. The number of primary amides is 2. The summed E-state index contributed by atoms with van der Waals surface area (Å²) in [6, 6.07) is 1.81. The van der Waals surface area contributed by atoms with E-state index in [0.29, 0.717) is 43.8 Å². The number of hydrogen-bond acceptors (Lipinski definition) is 6. The number of hydrogen-bond donors (Lipinski definition) is 2. The molecule has 0 unspecified atom stereocenters. The van der Waals surface area contributed by atoms with Gasteiger partial charge in [0.05, 0.1) is 25.7 Å². The summed E-state index contributed by atoms with van der Waals surface area (Å²) in [5.41, 5.74) is 12.6. The average Bonchev–Trinajstić information content (AvgIpc) is 2.65. The van der Waals surface area contributed by atoms with Crippen LogP contribution >= 0.6 is 0 Å². The summed E-state index contributed by atoms with van der Waals surface area (Å²) in [5.74, 6) is 0.603. The molecule has 1 aromatic carbocycles. The van der Waals surface area contributed by atoms with Crippen LogP contribution in [0, 0.1) is 6.92 Å². The van der Waals surface area contributed by atoms with E-state index in [2.05, 4.69) is 13.2 Å². The van der Waals surface area contributed by atoms with Gasteiger partial charge in [-0.15, -0.1) is 0 Å². The van der Waals surface area contributed by atoms with Gasteiger partial charge in [-0.25, -0.2) is 9.59 Å². The standard InChI is InChI=1S/C21H30N2O6/c1-4-26-12-8-6-10-16-14-15(3)18(28-20(22)24)17(19(16)29-21(23)25)11-7-9-13-27-5-2/h4-5,14H,1-2,6-13H2,3H3,(H2,22,24)(H2,23,25). The van der Waals surface area contributed by atoms with Gasteiger partial charge in [0.1, 0.15) is 11.5 Å². The third-order valence-electron chi connectivity index (χ3n) is 4.13. The number of carbonyl (C=O) groups is 2. The maximum atomic E-state index is 11.5. The first kappa shape index (κ1) is 23.9. The van der Waals surface area contributed by atoms with E-state index in [1.54, 1.807) is 6.92 Å². The van der Waals surface area contributed by atoms with Crippen LogP contribution in [0.1, 0.15) is 42.4 Å². The van der Waals surface area contributed by atoms with E-state index in [1.807, 2.05) is 6.07 Å².